The van der Waals surface area contributed by atoms with Crippen molar-refractivity contribution < 1.29 is 9.53 Å². The molecule has 2 amide bonds. The van der Waals surface area contributed by atoms with Gasteiger partial charge in [0.25, 0.3) is 0 Å². The summed E-state index contributed by atoms with van der Waals surface area (Å²) in [6.07, 6.45) is 1.83. The van der Waals surface area contributed by atoms with E-state index in [1.807, 2.05) is 9.42 Å². The molecule has 9 nitrogen and oxygen atoms in total. The summed E-state index contributed by atoms with van der Waals surface area (Å²) >= 11 is 1.59. The van der Waals surface area contributed by atoms with Crippen LogP contribution in [0.2, 0.25) is 0 Å². The number of aryl methyl sites for hydroxylation is 1. The van der Waals surface area contributed by atoms with Gasteiger partial charge in [-0.15, -0.1) is 5.10 Å². The fourth-order valence-corrected chi connectivity index (χ4v) is 5.01. The van der Waals surface area contributed by atoms with Crippen molar-refractivity contribution in [3.63, 3.8) is 0 Å². The van der Waals surface area contributed by atoms with E-state index >= 15 is 0 Å². The Bertz CT molecular complexity index is 1130. The molecular weight excluding hydrogens is 462 g/mol. The lowest BCUT2D eigenvalue weighted by Gasteiger charge is -2.34. The molecular formula is C25H37N7O2S. The molecule has 0 atom stereocenters. The zero-order valence-corrected chi connectivity index (χ0v) is 22.2. The Morgan fingerprint density at radius 2 is 1.86 bits per heavy atom. The van der Waals surface area contributed by atoms with Crippen LogP contribution in [0.15, 0.2) is 24.3 Å². The number of amides is 2. The molecule has 0 aliphatic carbocycles. The highest BCUT2D eigenvalue weighted by atomic mass is 32.1. The summed E-state index contributed by atoms with van der Waals surface area (Å²) in [7, 11) is 1.67. The predicted molar refractivity (Wildman–Crippen MR) is 143 cm³/mol. The van der Waals surface area contributed by atoms with Crippen molar-refractivity contribution in [3.8, 4) is 11.3 Å². The average Bonchev–Trinajstić information content (AvgIpc) is 3.40. The van der Waals surface area contributed by atoms with E-state index in [2.05, 4.69) is 67.5 Å². The number of piperazine rings is 1. The van der Waals surface area contributed by atoms with E-state index in [-0.39, 0.29) is 11.6 Å². The minimum absolute atomic E-state index is 0.00917. The monoisotopic (exact) mass is 499 g/mol. The molecule has 2 aromatic heterocycles. The number of carbonyl (C=O) groups is 1. The Morgan fingerprint density at radius 3 is 2.49 bits per heavy atom. The average molecular weight is 500 g/mol. The van der Waals surface area contributed by atoms with Crippen LogP contribution in [0, 0.1) is 0 Å². The van der Waals surface area contributed by atoms with Crippen LogP contribution in [0.1, 0.15) is 39.7 Å². The van der Waals surface area contributed by atoms with Gasteiger partial charge in [-0.05, 0) is 39.2 Å². The van der Waals surface area contributed by atoms with Gasteiger partial charge in [0, 0.05) is 57.5 Å². The summed E-state index contributed by atoms with van der Waals surface area (Å²) in [6, 6.07) is 8.59. The number of imidazole rings is 1. The highest BCUT2D eigenvalue weighted by Crippen LogP contribution is 2.35. The molecule has 35 heavy (non-hydrogen) atoms. The van der Waals surface area contributed by atoms with Gasteiger partial charge in [-0.25, -0.2) is 9.78 Å². The third-order valence-electron chi connectivity index (χ3n) is 5.96. The summed E-state index contributed by atoms with van der Waals surface area (Å²) in [5, 5.41) is 12.5. The van der Waals surface area contributed by atoms with Gasteiger partial charge in [0.1, 0.15) is 5.69 Å². The van der Waals surface area contributed by atoms with E-state index in [0.29, 0.717) is 26.2 Å². The number of anilines is 2. The molecule has 1 aliphatic heterocycles. The Labute approximate surface area is 211 Å². The van der Waals surface area contributed by atoms with Gasteiger partial charge in [0.2, 0.25) is 10.1 Å². The highest BCUT2D eigenvalue weighted by Gasteiger charge is 2.26. The van der Waals surface area contributed by atoms with Gasteiger partial charge in [0.15, 0.2) is 5.82 Å². The Hall–Kier alpha value is -2.85. The number of rotatable bonds is 8. The SMILES string of the molecule is CCc1ccc(-c2nc3sc(N4CCN(C(=O)NCCCOC)CC4)nn3c2NC(C)(C)C)cc1. The van der Waals surface area contributed by atoms with Crippen LogP contribution in [0.5, 0.6) is 0 Å². The lowest BCUT2D eigenvalue weighted by atomic mass is 10.1. The lowest BCUT2D eigenvalue weighted by molar-refractivity contribution is 0.183. The maximum absolute atomic E-state index is 12.4. The fraction of sp³-hybridized carbons (Fsp3) is 0.560. The van der Waals surface area contributed by atoms with E-state index in [9.17, 15) is 4.79 Å². The highest BCUT2D eigenvalue weighted by molar-refractivity contribution is 7.20. The van der Waals surface area contributed by atoms with E-state index < -0.39 is 0 Å². The van der Waals surface area contributed by atoms with Gasteiger partial charge in [-0.2, -0.15) is 4.52 Å². The molecule has 1 saturated heterocycles. The summed E-state index contributed by atoms with van der Waals surface area (Å²) < 4.78 is 6.97. The van der Waals surface area contributed by atoms with Crippen LogP contribution < -0.4 is 15.5 Å². The fourth-order valence-electron chi connectivity index (χ4n) is 4.06. The first kappa shape index (κ1) is 25.2. The van der Waals surface area contributed by atoms with Gasteiger partial charge in [0.05, 0.1) is 0 Å². The quantitative estimate of drug-likeness (QED) is 0.454. The lowest BCUT2D eigenvalue weighted by Crippen LogP contribution is -2.52. The minimum atomic E-state index is -0.139. The summed E-state index contributed by atoms with van der Waals surface area (Å²) in [4.78, 5) is 22.4. The maximum atomic E-state index is 12.4. The van der Waals surface area contributed by atoms with Crippen molar-refractivity contribution in [2.75, 3.05) is 56.7 Å². The molecule has 1 fully saturated rings. The van der Waals surface area contributed by atoms with Gasteiger partial charge in [-0.3, -0.25) is 0 Å². The van der Waals surface area contributed by atoms with Gasteiger partial charge < -0.3 is 25.2 Å². The number of methoxy groups -OCH3 is 1. The number of aromatic nitrogens is 3. The second-order valence-corrected chi connectivity index (χ2v) is 10.8. The number of benzene rings is 1. The first-order valence-electron chi connectivity index (χ1n) is 12.3. The van der Waals surface area contributed by atoms with Crippen molar-refractivity contribution in [3.05, 3.63) is 29.8 Å². The summed E-state index contributed by atoms with van der Waals surface area (Å²) in [5.41, 5.74) is 3.17. The molecule has 1 aliphatic rings. The van der Waals surface area contributed by atoms with E-state index in [0.717, 1.165) is 53.1 Å². The molecule has 10 heteroatoms. The topological polar surface area (TPSA) is 87.0 Å². The van der Waals surface area contributed by atoms with Crippen LogP contribution in [-0.2, 0) is 11.2 Å². The number of urea groups is 1. The second-order valence-electron chi connectivity index (χ2n) is 9.87. The second kappa shape index (κ2) is 10.8. The number of hydrogen-bond acceptors (Lipinski definition) is 7. The number of hydrogen-bond donors (Lipinski definition) is 2. The van der Waals surface area contributed by atoms with Crippen molar-refractivity contribution in [2.24, 2.45) is 0 Å². The first-order valence-corrected chi connectivity index (χ1v) is 13.1. The third-order valence-corrected chi connectivity index (χ3v) is 6.93. The van der Waals surface area contributed by atoms with E-state index in [1.54, 1.807) is 18.4 Å². The van der Waals surface area contributed by atoms with Crippen LogP contribution in [0.4, 0.5) is 15.7 Å². The molecule has 2 N–H and O–H groups in total. The molecule has 0 spiro atoms. The molecule has 4 rings (SSSR count). The van der Waals surface area contributed by atoms with Crippen LogP contribution in [0.25, 0.3) is 16.2 Å². The van der Waals surface area contributed by atoms with Gasteiger partial charge >= 0.3 is 6.03 Å². The summed E-state index contributed by atoms with van der Waals surface area (Å²) in [5.74, 6) is 0.910. The standard InChI is InChI=1S/C25H37N7O2S/c1-6-18-8-10-19(11-9-18)20-21(28-25(2,3)4)32-23(27-20)35-24(29-32)31-15-13-30(14-16-31)22(33)26-12-7-17-34-5/h8-11,28H,6-7,12-17H2,1-5H3,(H,26,33). The van der Waals surface area contributed by atoms with Crippen molar-refractivity contribution in [1.82, 2.24) is 24.8 Å². The minimum Gasteiger partial charge on any atom is -0.385 e. The van der Waals surface area contributed by atoms with E-state index in [4.69, 9.17) is 14.8 Å². The molecule has 1 aromatic carbocycles. The van der Waals surface area contributed by atoms with Crippen molar-refractivity contribution in [2.45, 2.75) is 46.1 Å². The molecule has 0 saturated carbocycles. The van der Waals surface area contributed by atoms with E-state index in [1.165, 1.54) is 5.56 Å². The Morgan fingerprint density at radius 1 is 1.14 bits per heavy atom. The third kappa shape index (κ3) is 6.05. The van der Waals surface area contributed by atoms with Crippen molar-refractivity contribution in [1.29, 1.82) is 0 Å². The molecule has 0 bridgehead atoms. The zero-order chi connectivity index (χ0) is 25.0. The van der Waals surface area contributed by atoms with Crippen LogP contribution in [-0.4, -0.2) is 77.5 Å². The van der Waals surface area contributed by atoms with Crippen LogP contribution in [0.3, 0.4) is 0 Å². The number of carbonyl (C=O) groups excluding carboxylic acids is 1. The van der Waals surface area contributed by atoms with Gasteiger partial charge in [-0.1, -0.05) is 42.5 Å². The Balaban J connectivity index is 1.50. The smallest absolute Gasteiger partial charge is 0.317 e. The van der Waals surface area contributed by atoms with Crippen LogP contribution >= 0.6 is 11.3 Å². The largest absolute Gasteiger partial charge is 0.385 e. The predicted octanol–water partition coefficient (Wildman–Crippen LogP) is 4.10. The molecule has 3 heterocycles. The van der Waals surface area contributed by atoms with Crippen molar-refractivity contribution >= 4 is 33.3 Å². The maximum Gasteiger partial charge on any atom is 0.317 e. The molecule has 0 radical (unpaired) electrons. The molecule has 0 unspecified atom stereocenters. The number of fused-ring (bicyclic) bond motifs is 1. The molecule has 3 aromatic rings. The number of nitrogens with one attached hydrogen (secondary N) is 2. The number of nitrogens with zero attached hydrogens (tertiary/aromatic N) is 5. The summed E-state index contributed by atoms with van der Waals surface area (Å²) in [6.45, 7) is 12.7. The Kier molecular flexibility index (Phi) is 7.81. The normalized spacial score (nSPS) is 14.5. The zero-order valence-electron chi connectivity index (χ0n) is 21.4. The first-order chi connectivity index (χ1) is 16.8. The molecule has 190 valence electrons. The number of ether oxygens (including phenoxy) is 1.